The Kier molecular flexibility index (Phi) is 8.95. The normalized spacial score (nSPS) is 14.6. The third kappa shape index (κ3) is 7.60. The second-order valence-corrected chi connectivity index (χ2v) is 11.1. The van der Waals surface area contributed by atoms with Crippen molar-refractivity contribution in [1.29, 1.82) is 0 Å². The van der Waals surface area contributed by atoms with Crippen LogP contribution in [0, 0.1) is 12.3 Å². The summed E-state index contributed by atoms with van der Waals surface area (Å²) in [6.45, 7) is 14.2. The van der Waals surface area contributed by atoms with Gasteiger partial charge < -0.3 is 0 Å². The van der Waals surface area contributed by atoms with Crippen molar-refractivity contribution in [3.8, 4) is 0 Å². The fraction of sp³-hybridized carbons (Fsp3) is 0.455. The molecule has 0 bridgehead atoms. The summed E-state index contributed by atoms with van der Waals surface area (Å²) in [6, 6.07) is 29.6. The third-order valence-electron chi connectivity index (χ3n) is 7.48. The van der Waals surface area contributed by atoms with E-state index in [-0.39, 0.29) is 0 Å². The minimum Gasteiger partial charge on any atom is -0.0648 e. The zero-order valence-electron chi connectivity index (χ0n) is 21.8. The SMILES string of the molecule is CCC(CC(C)(C)CC(C)c1ccc(C)cc1)c1ccc(CCC(C)c2ccccc2)cc1. The van der Waals surface area contributed by atoms with Crippen molar-refractivity contribution in [2.24, 2.45) is 5.41 Å². The first-order chi connectivity index (χ1) is 15.8. The minimum absolute atomic E-state index is 0.314. The van der Waals surface area contributed by atoms with Crippen molar-refractivity contribution in [3.05, 3.63) is 107 Å². The summed E-state index contributed by atoms with van der Waals surface area (Å²) >= 11 is 0. The number of hydrogen-bond acceptors (Lipinski definition) is 0. The molecule has 176 valence electrons. The van der Waals surface area contributed by atoms with Crippen LogP contribution in [0.15, 0.2) is 78.9 Å². The van der Waals surface area contributed by atoms with E-state index in [2.05, 4.69) is 120 Å². The molecule has 0 aliphatic heterocycles. The zero-order valence-corrected chi connectivity index (χ0v) is 21.8. The van der Waals surface area contributed by atoms with E-state index < -0.39 is 0 Å². The predicted octanol–water partition coefficient (Wildman–Crippen LogP) is 9.84. The molecule has 0 N–H and O–H groups in total. The molecule has 0 saturated carbocycles. The van der Waals surface area contributed by atoms with Crippen molar-refractivity contribution in [3.63, 3.8) is 0 Å². The van der Waals surface area contributed by atoms with Crippen LogP contribution in [0.1, 0.15) is 106 Å². The fourth-order valence-electron chi connectivity index (χ4n) is 5.38. The predicted molar refractivity (Wildman–Crippen MR) is 145 cm³/mol. The monoisotopic (exact) mass is 440 g/mol. The topological polar surface area (TPSA) is 0 Å². The van der Waals surface area contributed by atoms with Crippen molar-refractivity contribution in [2.75, 3.05) is 0 Å². The van der Waals surface area contributed by atoms with Crippen molar-refractivity contribution < 1.29 is 0 Å². The van der Waals surface area contributed by atoms with Gasteiger partial charge in [0.25, 0.3) is 0 Å². The van der Waals surface area contributed by atoms with Crippen LogP contribution in [0.5, 0.6) is 0 Å². The molecule has 0 aliphatic rings. The van der Waals surface area contributed by atoms with Crippen molar-refractivity contribution in [2.45, 2.75) is 91.4 Å². The Morgan fingerprint density at radius 1 is 0.667 bits per heavy atom. The fourth-order valence-corrected chi connectivity index (χ4v) is 5.38. The van der Waals surface area contributed by atoms with Gasteiger partial charge in [-0.25, -0.2) is 0 Å². The number of aryl methyl sites for hydroxylation is 2. The Balaban J connectivity index is 1.57. The van der Waals surface area contributed by atoms with Gasteiger partial charge in [-0.1, -0.05) is 119 Å². The van der Waals surface area contributed by atoms with Crippen molar-refractivity contribution in [1.82, 2.24) is 0 Å². The van der Waals surface area contributed by atoms with E-state index in [0.717, 1.165) is 6.42 Å². The van der Waals surface area contributed by atoms with Gasteiger partial charge in [-0.05, 0) is 84.5 Å². The highest BCUT2D eigenvalue weighted by Crippen LogP contribution is 2.40. The quantitative estimate of drug-likeness (QED) is 0.278. The van der Waals surface area contributed by atoms with Gasteiger partial charge in [-0.15, -0.1) is 0 Å². The van der Waals surface area contributed by atoms with Gasteiger partial charge >= 0.3 is 0 Å². The second-order valence-electron chi connectivity index (χ2n) is 11.1. The molecule has 0 nitrogen and oxygen atoms in total. The molecule has 0 heterocycles. The molecule has 3 aromatic carbocycles. The van der Waals surface area contributed by atoms with Crippen LogP contribution in [0.25, 0.3) is 0 Å². The molecule has 3 unspecified atom stereocenters. The lowest BCUT2D eigenvalue weighted by molar-refractivity contribution is 0.260. The molecule has 3 aromatic rings. The highest BCUT2D eigenvalue weighted by molar-refractivity contribution is 5.27. The van der Waals surface area contributed by atoms with Crippen molar-refractivity contribution >= 4 is 0 Å². The first kappa shape index (κ1) is 25.3. The summed E-state index contributed by atoms with van der Waals surface area (Å²) in [6.07, 6.45) is 6.01. The van der Waals surface area contributed by atoms with Gasteiger partial charge in [-0.3, -0.25) is 0 Å². The largest absolute Gasteiger partial charge is 0.0648 e. The Morgan fingerprint density at radius 3 is 1.85 bits per heavy atom. The van der Waals surface area contributed by atoms with Crippen LogP contribution in [0.2, 0.25) is 0 Å². The standard InChI is InChI=1S/C33H44/c1-7-29(24-33(5,6)23-27(4)31-19-13-25(2)14-20-31)32-21-17-28(18-22-32)16-15-26(3)30-11-9-8-10-12-30/h8-14,17-22,26-27,29H,7,15-16,23-24H2,1-6H3. The van der Waals surface area contributed by atoms with Gasteiger partial charge in [-0.2, -0.15) is 0 Å². The Morgan fingerprint density at radius 2 is 1.24 bits per heavy atom. The minimum atomic E-state index is 0.314. The van der Waals surface area contributed by atoms with Gasteiger partial charge in [0.05, 0.1) is 0 Å². The molecule has 0 aromatic heterocycles. The van der Waals surface area contributed by atoms with Gasteiger partial charge in [0.15, 0.2) is 0 Å². The maximum atomic E-state index is 2.46. The zero-order chi connectivity index (χ0) is 23.8. The number of benzene rings is 3. The van der Waals surface area contributed by atoms with E-state index in [1.54, 1.807) is 0 Å². The highest BCUT2D eigenvalue weighted by atomic mass is 14.3. The Labute approximate surface area is 203 Å². The van der Waals surface area contributed by atoms with E-state index >= 15 is 0 Å². The average molecular weight is 441 g/mol. The second kappa shape index (κ2) is 11.7. The van der Waals surface area contributed by atoms with Crippen LogP contribution in [0.3, 0.4) is 0 Å². The molecule has 33 heavy (non-hydrogen) atoms. The summed E-state index contributed by atoms with van der Waals surface area (Å²) in [5.41, 5.74) is 7.54. The van der Waals surface area contributed by atoms with E-state index in [4.69, 9.17) is 0 Å². The Hall–Kier alpha value is -2.34. The molecular formula is C33H44. The molecule has 0 amide bonds. The lowest BCUT2D eigenvalue weighted by atomic mass is 9.73. The summed E-state index contributed by atoms with van der Waals surface area (Å²) < 4.78 is 0. The smallest absolute Gasteiger partial charge is 0.0160 e. The average Bonchev–Trinajstić information content (AvgIpc) is 2.82. The van der Waals surface area contributed by atoms with Crippen LogP contribution in [-0.2, 0) is 6.42 Å². The summed E-state index contributed by atoms with van der Waals surface area (Å²) in [4.78, 5) is 0. The molecule has 0 saturated heterocycles. The lowest BCUT2D eigenvalue weighted by Crippen LogP contribution is -2.19. The maximum absolute atomic E-state index is 2.46. The van der Waals surface area contributed by atoms with E-state index in [0.29, 0.717) is 23.2 Å². The summed E-state index contributed by atoms with van der Waals surface area (Å²) in [5.74, 6) is 1.82. The van der Waals surface area contributed by atoms with E-state index in [1.165, 1.54) is 53.5 Å². The first-order valence-corrected chi connectivity index (χ1v) is 13.0. The lowest BCUT2D eigenvalue weighted by Gasteiger charge is -2.32. The van der Waals surface area contributed by atoms with E-state index in [9.17, 15) is 0 Å². The first-order valence-electron chi connectivity index (χ1n) is 13.0. The highest BCUT2D eigenvalue weighted by Gasteiger charge is 2.26. The van der Waals surface area contributed by atoms with Gasteiger partial charge in [0.1, 0.15) is 0 Å². The van der Waals surface area contributed by atoms with Gasteiger partial charge in [0, 0.05) is 0 Å². The van der Waals surface area contributed by atoms with Crippen LogP contribution in [0.4, 0.5) is 0 Å². The molecule has 0 aliphatic carbocycles. The molecule has 3 atom stereocenters. The number of hydrogen-bond donors (Lipinski definition) is 0. The van der Waals surface area contributed by atoms with Crippen LogP contribution < -0.4 is 0 Å². The summed E-state index contributed by atoms with van der Waals surface area (Å²) in [7, 11) is 0. The molecule has 0 radical (unpaired) electrons. The van der Waals surface area contributed by atoms with Gasteiger partial charge in [0.2, 0.25) is 0 Å². The Bertz CT molecular complexity index is 947. The third-order valence-corrected chi connectivity index (χ3v) is 7.48. The number of rotatable bonds is 11. The van der Waals surface area contributed by atoms with E-state index in [1.807, 2.05) is 0 Å². The summed E-state index contributed by atoms with van der Waals surface area (Å²) in [5, 5.41) is 0. The molecule has 0 fully saturated rings. The van der Waals surface area contributed by atoms with Crippen LogP contribution in [-0.4, -0.2) is 0 Å². The molecule has 3 rings (SSSR count). The maximum Gasteiger partial charge on any atom is -0.0160 e. The molecule has 0 spiro atoms. The molecular weight excluding hydrogens is 396 g/mol. The molecule has 0 heteroatoms. The van der Waals surface area contributed by atoms with Crippen LogP contribution >= 0.6 is 0 Å².